The quantitative estimate of drug-likeness (QED) is 0.914. The summed E-state index contributed by atoms with van der Waals surface area (Å²) in [5, 5.41) is 3.48. The molecular formula is C14H15ClN2O2S. The van der Waals surface area contributed by atoms with Crippen molar-refractivity contribution in [3.63, 3.8) is 0 Å². The van der Waals surface area contributed by atoms with E-state index in [1.165, 1.54) is 0 Å². The number of nitrogens with zero attached hydrogens (tertiary/aromatic N) is 1. The zero-order valence-electron chi connectivity index (χ0n) is 11.1. The van der Waals surface area contributed by atoms with Crippen molar-refractivity contribution in [2.24, 2.45) is 0 Å². The van der Waals surface area contributed by atoms with E-state index in [-0.39, 0.29) is 22.7 Å². The molecule has 1 aromatic rings. The van der Waals surface area contributed by atoms with E-state index in [0.29, 0.717) is 22.9 Å². The predicted octanol–water partition coefficient (Wildman–Crippen LogP) is 2.73. The fraction of sp³-hybridized carbons (Fsp3) is 0.429. The Morgan fingerprint density at radius 2 is 2.15 bits per heavy atom. The van der Waals surface area contributed by atoms with E-state index >= 15 is 0 Å². The van der Waals surface area contributed by atoms with E-state index in [1.54, 1.807) is 40.9 Å². The van der Waals surface area contributed by atoms with Gasteiger partial charge in [0.05, 0.1) is 4.87 Å². The molecule has 0 spiro atoms. The first-order chi connectivity index (χ1) is 9.49. The van der Waals surface area contributed by atoms with Gasteiger partial charge in [0, 0.05) is 22.9 Å². The Hall–Kier alpha value is -1.20. The van der Waals surface area contributed by atoms with Gasteiger partial charge in [-0.3, -0.25) is 9.59 Å². The summed E-state index contributed by atoms with van der Waals surface area (Å²) in [7, 11) is 0. The Kier molecular flexibility index (Phi) is 3.42. The first-order valence-corrected chi connectivity index (χ1v) is 7.88. The van der Waals surface area contributed by atoms with E-state index in [9.17, 15) is 9.59 Å². The van der Waals surface area contributed by atoms with Crippen LogP contribution >= 0.6 is 23.4 Å². The molecule has 6 heteroatoms. The van der Waals surface area contributed by atoms with Crippen molar-refractivity contribution >= 4 is 40.9 Å². The average Bonchev–Trinajstić information content (AvgIpc) is 2.90. The van der Waals surface area contributed by atoms with Gasteiger partial charge in [-0.05, 0) is 37.6 Å². The normalized spacial score (nSPS) is 28.6. The van der Waals surface area contributed by atoms with Crippen molar-refractivity contribution in [3.8, 4) is 0 Å². The lowest BCUT2D eigenvalue weighted by atomic mass is 10.2. The first kappa shape index (κ1) is 13.8. The second-order valence-electron chi connectivity index (χ2n) is 5.26. The lowest BCUT2D eigenvalue weighted by molar-refractivity contribution is -0.135. The minimum Gasteiger partial charge on any atom is -0.324 e. The van der Waals surface area contributed by atoms with Crippen LogP contribution in [-0.2, 0) is 9.59 Å². The zero-order valence-corrected chi connectivity index (χ0v) is 12.6. The topological polar surface area (TPSA) is 49.4 Å². The Balaban J connectivity index is 1.75. The number of anilines is 1. The molecule has 0 unspecified atom stereocenters. The summed E-state index contributed by atoms with van der Waals surface area (Å²) in [6.45, 7) is 2.04. The highest BCUT2D eigenvalue weighted by Gasteiger charge is 2.52. The molecule has 2 fully saturated rings. The van der Waals surface area contributed by atoms with Crippen LogP contribution < -0.4 is 5.32 Å². The van der Waals surface area contributed by atoms with E-state index in [4.69, 9.17) is 11.6 Å². The summed E-state index contributed by atoms with van der Waals surface area (Å²) in [5.41, 5.74) is 0.699. The van der Waals surface area contributed by atoms with Crippen molar-refractivity contribution in [2.75, 3.05) is 11.1 Å². The van der Waals surface area contributed by atoms with Crippen LogP contribution in [0.5, 0.6) is 0 Å². The lowest BCUT2D eigenvalue weighted by Crippen LogP contribution is -2.48. The van der Waals surface area contributed by atoms with Crippen LogP contribution in [0.25, 0.3) is 0 Å². The summed E-state index contributed by atoms with van der Waals surface area (Å²) in [4.78, 5) is 25.9. The summed E-state index contributed by atoms with van der Waals surface area (Å²) in [6, 6.07) is 6.59. The highest BCUT2D eigenvalue weighted by Crippen LogP contribution is 2.47. The summed E-state index contributed by atoms with van der Waals surface area (Å²) in [6.07, 6.45) is 1.36. The molecule has 2 aliphatic rings. The van der Waals surface area contributed by atoms with E-state index in [0.717, 1.165) is 6.42 Å². The molecule has 20 heavy (non-hydrogen) atoms. The maximum Gasteiger partial charge on any atom is 0.248 e. The summed E-state index contributed by atoms with van der Waals surface area (Å²) >= 11 is 7.51. The molecular weight excluding hydrogens is 296 g/mol. The number of hydrogen-bond acceptors (Lipinski definition) is 3. The zero-order chi connectivity index (χ0) is 14.3. The standard InChI is InChI=1S/C14H15ClN2O2S/c1-14-7-6-12(18)17(14)11(8-20-14)13(19)16-10-4-2-9(15)3-5-10/h2-5,11H,6-8H2,1H3,(H,16,19)/t11-,14+/m1/s1. The van der Waals surface area contributed by atoms with Gasteiger partial charge >= 0.3 is 0 Å². The number of fused-ring (bicyclic) bond motifs is 1. The van der Waals surface area contributed by atoms with E-state index in [1.807, 2.05) is 6.92 Å². The molecule has 1 N–H and O–H groups in total. The highest BCUT2D eigenvalue weighted by molar-refractivity contribution is 8.01. The van der Waals surface area contributed by atoms with Crippen molar-refractivity contribution in [2.45, 2.75) is 30.7 Å². The van der Waals surface area contributed by atoms with Crippen LogP contribution in [0, 0.1) is 0 Å². The van der Waals surface area contributed by atoms with Crippen LogP contribution in [0.3, 0.4) is 0 Å². The minimum absolute atomic E-state index is 0.0776. The first-order valence-electron chi connectivity index (χ1n) is 6.52. The molecule has 2 atom stereocenters. The van der Waals surface area contributed by atoms with Crippen LogP contribution in [0.1, 0.15) is 19.8 Å². The molecule has 4 nitrogen and oxygen atoms in total. The second-order valence-corrected chi connectivity index (χ2v) is 7.20. The van der Waals surface area contributed by atoms with Gasteiger partial charge in [-0.2, -0.15) is 0 Å². The third-order valence-corrected chi connectivity index (χ3v) is 5.62. The molecule has 0 radical (unpaired) electrons. The largest absolute Gasteiger partial charge is 0.324 e. The lowest BCUT2D eigenvalue weighted by Gasteiger charge is -2.29. The van der Waals surface area contributed by atoms with Crippen molar-refractivity contribution in [3.05, 3.63) is 29.3 Å². The summed E-state index contributed by atoms with van der Waals surface area (Å²) in [5.74, 6) is 0.606. The molecule has 0 aliphatic carbocycles. The fourth-order valence-corrected chi connectivity index (χ4v) is 4.33. The Labute approximate surface area is 126 Å². The molecule has 1 aromatic carbocycles. The molecule has 2 saturated heterocycles. The number of halogens is 1. The Morgan fingerprint density at radius 1 is 1.45 bits per heavy atom. The third-order valence-electron chi connectivity index (χ3n) is 3.86. The summed E-state index contributed by atoms with van der Waals surface area (Å²) < 4.78 is 0. The highest BCUT2D eigenvalue weighted by atomic mass is 35.5. The van der Waals surface area contributed by atoms with Crippen molar-refractivity contribution < 1.29 is 9.59 Å². The van der Waals surface area contributed by atoms with E-state index < -0.39 is 0 Å². The van der Waals surface area contributed by atoms with Crippen LogP contribution in [0.4, 0.5) is 5.69 Å². The molecule has 2 aliphatic heterocycles. The van der Waals surface area contributed by atoms with Gasteiger partial charge in [-0.15, -0.1) is 11.8 Å². The van der Waals surface area contributed by atoms with Crippen molar-refractivity contribution in [1.29, 1.82) is 0 Å². The minimum atomic E-state index is -0.379. The van der Waals surface area contributed by atoms with Crippen LogP contribution in [-0.4, -0.2) is 33.4 Å². The average molecular weight is 311 g/mol. The van der Waals surface area contributed by atoms with Gasteiger partial charge in [0.15, 0.2) is 0 Å². The number of thioether (sulfide) groups is 1. The number of carbonyl (C=O) groups excluding carboxylic acids is 2. The van der Waals surface area contributed by atoms with Gasteiger partial charge in [0.25, 0.3) is 0 Å². The molecule has 0 bridgehead atoms. The Bertz CT molecular complexity index is 563. The molecule has 0 aromatic heterocycles. The van der Waals surface area contributed by atoms with Gasteiger partial charge in [-0.25, -0.2) is 0 Å². The van der Waals surface area contributed by atoms with Gasteiger partial charge in [-0.1, -0.05) is 11.6 Å². The maximum atomic E-state index is 12.4. The third kappa shape index (κ3) is 2.29. The number of benzene rings is 1. The van der Waals surface area contributed by atoms with Gasteiger partial charge in [0.2, 0.25) is 11.8 Å². The van der Waals surface area contributed by atoms with Crippen LogP contribution in [0.2, 0.25) is 5.02 Å². The monoisotopic (exact) mass is 310 g/mol. The van der Waals surface area contributed by atoms with E-state index in [2.05, 4.69) is 5.32 Å². The molecule has 106 valence electrons. The smallest absolute Gasteiger partial charge is 0.248 e. The molecule has 0 saturated carbocycles. The number of hydrogen-bond donors (Lipinski definition) is 1. The van der Waals surface area contributed by atoms with Gasteiger partial charge < -0.3 is 10.2 Å². The number of nitrogens with one attached hydrogen (secondary N) is 1. The van der Waals surface area contributed by atoms with Gasteiger partial charge in [0.1, 0.15) is 6.04 Å². The SMILES string of the molecule is C[C@]12CCC(=O)N1[C@@H](C(=O)Nc1ccc(Cl)cc1)CS2. The predicted molar refractivity (Wildman–Crippen MR) is 80.8 cm³/mol. The molecule has 2 amide bonds. The van der Waals surface area contributed by atoms with Crippen LogP contribution in [0.15, 0.2) is 24.3 Å². The maximum absolute atomic E-state index is 12.4. The number of rotatable bonds is 2. The number of amides is 2. The second kappa shape index (κ2) is 4.97. The fourth-order valence-electron chi connectivity index (χ4n) is 2.77. The molecule has 2 heterocycles. The van der Waals surface area contributed by atoms with Crippen molar-refractivity contribution in [1.82, 2.24) is 4.90 Å². The molecule has 3 rings (SSSR count). The Morgan fingerprint density at radius 3 is 2.85 bits per heavy atom. The number of carbonyl (C=O) groups is 2.